The zero-order valence-corrected chi connectivity index (χ0v) is 10.7. The van der Waals surface area contributed by atoms with Crippen molar-refractivity contribution in [3.63, 3.8) is 0 Å². The van der Waals surface area contributed by atoms with Gasteiger partial charge in [-0.25, -0.2) is 4.68 Å². The van der Waals surface area contributed by atoms with Crippen molar-refractivity contribution in [3.8, 4) is 11.5 Å². The molecule has 18 heavy (non-hydrogen) atoms. The lowest BCUT2D eigenvalue weighted by Crippen LogP contribution is -2.10. The van der Waals surface area contributed by atoms with Crippen LogP contribution in [0.25, 0.3) is 11.0 Å². The van der Waals surface area contributed by atoms with E-state index in [0.29, 0.717) is 37.8 Å². The number of hydrogen-bond acceptors (Lipinski definition) is 5. The highest BCUT2D eigenvalue weighted by Gasteiger charge is 2.15. The molecular formula is C12H18N4O2. The van der Waals surface area contributed by atoms with Crippen LogP contribution >= 0.6 is 0 Å². The molecule has 0 aliphatic heterocycles. The van der Waals surface area contributed by atoms with Crippen molar-refractivity contribution in [2.75, 3.05) is 19.8 Å². The standard InChI is InChI=1S/C12H18N4O2/c1-3-17-10-6-5-9-11(12(10)18-4-2)14-15-16(9)8-7-13/h5-6H,3-4,7-8,13H2,1-2H3. The molecule has 6 nitrogen and oxygen atoms in total. The van der Waals surface area contributed by atoms with E-state index in [9.17, 15) is 0 Å². The van der Waals surface area contributed by atoms with E-state index in [0.717, 1.165) is 11.0 Å². The van der Waals surface area contributed by atoms with E-state index in [1.807, 2.05) is 26.0 Å². The average Bonchev–Trinajstić information content (AvgIpc) is 2.77. The lowest BCUT2D eigenvalue weighted by molar-refractivity contribution is 0.290. The molecular weight excluding hydrogens is 232 g/mol. The summed E-state index contributed by atoms with van der Waals surface area (Å²) in [6.07, 6.45) is 0. The quantitative estimate of drug-likeness (QED) is 0.833. The maximum absolute atomic E-state index is 5.62. The molecule has 2 aromatic rings. The highest BCUT2D eigenvalue weighted by atomic mass is 16.5. The van der Waals surface area contributed by atoms with Crippen molar-refractivity contribution in [1.29, 1.82) is 0 Å². The largest absolute Gasteiger partial charge is 0.490 e. The molecule has 0 bridgehead atoms. The normalized spacial score (nSPS) is 10.8. The third-order valence-electron chi connectivity index (χ3n) is 2.53. The molecule has 0 radical (unpaired) electrons. The Labute approximate surface area is 106 Å². The first-order chi connectivity index (χ1) is 8.81. The number of aromatic nitrogens is 3. The maximum atomic E-state index is 5.62. The van der Waals surface area contributed by atoms with Crippen LogP contribution in [0, 0.1) is 0 Å². The van der Waals surface area contributed by atoms with Crippen molar-refractivity contribution in [1.82, 2.24) is 15.0 Å². The minimum atomic E-state index is 0.523. The predicted octanol–water partition coefficient (Wildman–Crippen LogP) is 1.19. The third kappa shape index (κ3) is 2.24. The van der Waals surface area contributed by atoms with Crippen molar-refractivity contribution in [2.24, 2.45) is 5.73 Å². The monoisotopic (exact) mass is 250 g/mol. The lowest BCUT2D eigenvalue weighted by atomic mass is 10.2. The van der Waals surface area contributed by atoms with Gasteiger partial charge in [0.25, 0.3) is 0 Å². The maximum Gasteiger partial charge on any atom is 0.191 e. The van der Waals surface area contributed by atoms with Crippen LogP contribution in [0.15, 0.2) is 12.1 Å². The Morgan fingerprint density at radius 1 is 1.22 bits per heavy atom. The van der Waals surface area contributed by atoms with Gasteiger partial charge >= 0.3 is 0 Å². The van der Waals surface area contributed by atoms with Gasteiger partial charge in [0.1, 0.15) is 0 Å². The molecule has 0 saturated carbocycles. The van der Waals surface area contributed by atoms with Crippen LogP contribution < -0.4 is 15.2 Å². The second kappa shape index (κ2) is 5.68. The number of nitrogens with zero attached hydrogens (tertiary/aromatic N) is 3. The Hall–Kier alpha value is -1.82. The molecule has 2 N–H and O–H groups in total. The lowest BCUT2D eigenvalue weighted by Gasteiger charge is -2.10. The molecule has 1 aromatic carbocycles. The summed E-state index contributed by atoms with van der Waals surface area (Å²) in [6, 6.07) is 3.81. The SMILES string of the molecule is CCOc1ccc2c(nnn2CCN)c1OCC. The van der Waals surface area contributed by atoms with Crippen molar-refractivity contribution >= 4 is 11.0 Å². The Morgan fingerprint density at radius 3 is 2.67 bits per heavy atom. The highest BCUT2D eigenvalue weighted by Crippen LogP contribution is 2.34. The van der Waals surface area contributed by atoms with E-state index in [1.165, 1.54) is 0 Å². The van der Waals surface area contributed by atoms with E-state index in [4.69, 9.17) is 15.2 Å². The molecule has 98 valence electrons. The zero-order valence-electron chi connectivity index (χ0n) is 10.7. The van der Waals surface area contributed by atoms with Crippen LogP contribution in [0.5, 0.6) is 11.5 Å². The fourth-order valence-corrected chi connectivity index (χ4v) is 1.83. The topological polar surface area (TPSA) is 75.2 Å². The minimum absolute atomic E-state index is 0.523. The summed E-state index contributed by atoms with van der Waals surface area (Å²) in [7, 11) is 0. The summed E-state index contributed by atoms with van der Waals surface area (Å²) in [4.78, 5) is 0. The van der Waals surface area contributed by atoms with Gasteiger partial charge in [-0.05, 0) is 26.0 Å². The Kier molecular flexibility index (Phi) is 3.99. The molecule has 0 fully saturated rings. The minimum Gasteiger partial charge on any atom is -0.490 e. The zero-order chi connectivity index (χ0) is 13.0. The fraction of sp³-hybridized carbons (Fsp3) is 0.500. The highest BCUT2D eigenvalue weighted by molar-refractivity contribution is 5.84. The molecule has 0 aliphatic rings. The molecule has 1 aromatic heterocycles. The van der Waals surface area contributed by atoms with Crippen LogP contribution in [0.3, 0.4) is 0 Å². The number of rotatable bonds is 6. The van der Waals surface area contributed by atoms with Crippen LogP contribution in [0.2, 0.25) is 0 Å². The molecule has 1 heterocycles. The van der Waals surface area contributed by atoms with Gasteiger partial charge in [0.05, 0.1) is 25.3 Å². The Balaban J connectivity index is 2.52. The molecule has 0 spiro atoms. The molecule has 0 amide bonds. The number of fused-ring (bicyclic) bond motifs is 1. The van der Waals surface area contributed by atoms with Gasteiger partial charge < -0.3 is 15.2 Å². The molecule has 0 saturated heterocycles. The number of nitrogens with two attached hydrogens (primary N) is 1. The van der Waals surface area contributed by atoms with Crippen molar-refractivity contribution in [2.45, 2.75) is 20.4 Å². The van der Waals surface area contributed by atoms with Crippen molar-refractivity contribution < 1.29 is 9.47 Å². The van der Waals surface area contributed by atoms with E-state index in [-0.39, 0.29) is 0 Å². The van der Waals surface area contributed by atoms with Gasteiger partial charge in [-0.2, -0.15) is 0 Å². The predicted molar refractivity (Wildman–Crippen MR) is 68.9 cm³/mol. The van der Waals surface area contributed by atoms with E-state index < -0.39 is 0 Å². The van der Waals surface area contributed by atoms with E-state index in [1.54, 1.807) is 4.68 Å². The first-order valence-electron chi connectivity index (χ1n) is 6.13. The summed E-state index contributed by atoms with van der Waals surface area (Å²) in [5.74, 6) is 1.35. The third-order valence-corrected chi connectivity index (χ3v) is 2.53. The van der Waals surface area contributed by atoms with Gasteiger partial charge in [-0.15, -0.1) is 5.10 Å². The van der Waals surface area contributed by atoms with Gasteiger partial charge in [-0.1, -0.05) is 5.21 Å². The van der Waals surface area contributed by atoms with Gasteiger partial charge in [0.2, 0.25) is 0 Å². The second-order valence-electron chi connectivity index (χ2n) is 3.73. The van der Waals surface area contributed by atoms with E-state index >= 15 is 0 Å². The van der Waals surface area contributed by atoms with Crippen LogP contribution in [0.4, 0.5) is 0 Å². The smallest absolute Gasteiger partial charge is 0.191 e. The number of benzene rings is 1. The summed E-state index contributed by atoms with van der Waals surface area (Å²) < 4.78 is 12.9. The van der Waals surface area contributed by atoms with E-state index in [2.05, 4.69) is 10.3 Å². The summed E-state index contributed by atoms with van der Waals surface area (Å²) >= 11 is 0. The first kappa shape index (κ1) is 12.6. The van der Waals surface area contributed by atoms with Gasteiger partial charge in [0, 0.05) is 6.54 Å². The van der Waals surface area contributed by atoms with Gasteiger partial charge in [-0.3, -0.25) is 0 Å². The van der Waals surface area contributed by atoms with Crippen LogP contribution in [-0.2, 0) is 6.54 Å². The van der Waals surface area contributed by atoms with Gasteiger partial charge in [0.15, 0.2) is 17.0 Å². The average molecular weight is 250 g/mol. The number of ether oxygens (including phenoxy) is 2. The molecule has 0 atom stereocenters. The summed E-state index contributed by atoms with van der Waals surface area (Å²) in [5.41, 5.74) is 7.17. The first-order valence-corrected chi connectivity index (χ1v) is 6.13. The Morgan fingerprint density at radius 2 is 2.00 bits per heavy atom. The Bertz CT molecular complexity index is 524. The molecule has 0 unspecified atom stereocenters. The summed E-state index contributed by atoms with van der Waals surface area (Å²) in [6.45, 7) is 6.17. The molecule has 2 rings (SSSR count). The fourth-order valence-electron chi connectivity index (χ4n) is 1.83. The van der Waals surface area contributed by atoms with Crippen LogP contribution in [0.1, 0.15) is 13.8 Å². The molecule has 0 aliphatic carbocycles. The molecule has 6 heteroatoms. The summed E-state index contributed by atoms with van der Waals surface area (Å²) in [5, 5.41) is 8.23. The van der Waals surface area contributed by atoms with Crippen molar-refractivity contribution in [3.05, 3.63) is 12.1 Å². The van der Waals surface area contributed by atoms with Crippen LogP contribution in [-0.4, -0.2) is 34.8 Å². The number of hydrogen-bond donors (Lipinski definition) is 1. The second-order valence-corrected chi connectivity index (χ2v) is 3.73.